The lowest BCUT2D eigenvalue weighted by molar-refractivity contribution is 0.0995. The summed E-state index contributed by atoms with van der Waals surface area (Å²) in [6.07, 6.45) is 5.07. The molecule has 2 aliphatic rings. The van der Waals surface area contributed by atoms with E-state index in [0.29, 0.717) is 11.7 Å². The molecular formula is C15H22N4O. The van der Waals surface area contributed by atoms with Crippen LogP contribution in [0.5, 0.6) is 0 Å². The van der Waals surface area contributed by atoms with Gasteiger partial charge in [0.1, 0.15) is 11.5 Å². The summed E-state index contributed by atoms with van der Waals surface area (Å²) in [5.74, 6) is 1.33. The Hall–Kier alpha value is -1.62. The Bertz CT molecular complexity index is 479. The van der Waals surface area contributed by atoms with Gasteiger partial charge in [0.2, 0.25) is 0 Å². The number of primary amides is 1. The number of nitrogens with two attached hydrogens (primary N) is 1. The Kier molecular flexibility index (Phi) is 3.87. The quantitative estimate of drug-likeness (QED) is 0.845. The number of nitrogens with zero attached hydrogens (tertiary/aromatic N) is 2. The number of pyridine rings is 1. The van der Waals surface area contributed by atoms with Crippen LogP contribution in [0.2, 0.25) is 0 Å². The van der Waals surface area contributed by atoms with Crippen LogP contribution < -0.4 is 16.0 Å². The molecule has 108 valence electrons. The number of carbonyl (C=O) groups excluding carboxylic acids is 1. The third kappa shape index (κ3) is 3.28. The number of piperidine rings is 1. The van der Waals surface area contributed by atoms with Gasteiger partial charge in [-0.25, -0.2) is 4.98 Å². The first-order valence-corrected chi connectivity index (χ1v) is 7.47. The van der Waals surface area contributed by atoms with Crippen molar-refractivity contribution in [1.82, 2.24) is 10.3 Å². The van der Waals surface area contributed by atoms with Crippen molar-refractivity contribution in [3.8, 4) is 0 Å². The Balaban J connectivity index is 1.54. The van der Waals surface area contributed by atoms with Crippen molar-refractivity contribution >= 4 is 11.7 Å². The van der Waals surface area contributed by atoms with Crippen molar-refractivity contribution in [2.45, 2.75) is 31.7 Å². The summed E-state index contributed by atoms with van der Waals surface area (Å²) in [6.45, 7) is 3.15. The number of carbonyl (C=O) groups is 1. The SMILES string of the molecule is NC(=O)c1cccc(N2CCC(NCC3CC3)CC2)n1. The molecule has 0 atom stereocenters. The molecule has 1 saturated heterocycles. The van der Waals surface area contributed by atoms with Crippen LogP contribution in [0.15, 0.2) is 18.2 Å². The Morgan fingerprint density at radius 1 is 1.30 bits per heavy atom. The average Bonchev–Trinajstić information content (AvgIpc) is 3.30. The van der Waals surface area contributed by atoms with Crippen LogP contribution in [0.4, 0.5) is 5.82 Å². The summed E-state index contributed by atoms with van der Waals surface area (Å²) in [7, 11) is 0. The summed E-state index contributed by atoms with van der Waals surface area (Å²) in [5, 5.41) is 3.66. The van der Waals surface area contributed by atoms with E-state index in [4.69, 9.17) is 5.73 Å². The lowest BCUT2D eigenvalue weighted by atomic mass is 10.0. The van der Waals surface area contributed by atoms with Crippen molar-refractivity contribution in [3.63, 3.8) is 0 Å². The van der Waals surface area contributed by atoms with E-state index in [1.807, 2.05) is 12.1 Å². The molecule has 20 heavy (non-hydrogen) atoms. The van der Waals surface area contributed by atoms with Crippen molar-refractivity contribution in [3.05, 3.63) is 23.9 Å². The van der Waals surface area contributed by atoms with E-state index in [9.17, 15) is 4.79 Å². The van der Waals surface area contributed by atoms with Gasteiger partial charge in [0.25, 0.3) is 5.91 Å². The standard InChI is InChI=1S/C15H22N4O/c16-15(20)13-2-1-3-14(18-13)19-8-6-12(7-9-19)17-10-11-4-5-11/h1-3,11-12,17H,4-10H2,(H2,16,20). The predicted octanol–water partition coefficient (Wildman–Crippen LogP) is 1.15. The number of amides is 1. The highest BCUT2D eigenvalue weighted by Crippen LogP contribution is 2.28. The molecule has 3 N–H and O–H groups in total. The highest BCUT2D eigenvalue weighted by molar-refractivity contribution is 5.91. The molecule has 2 fully saturated rings. The van der Waals surface area contributed by atoms with Gasteiger partial charge in [0.05, 0.1) is 0 Å². The van der Waals surface area contributed by atoms with E-state index in [1.54, 1.807) is 6.07 Å². The predicted molar refractivity (Wildman–Crippen MR) is 78.7 cm³/mol. The molecular weight excluding hydrogens is 252 g/mol. The van der Waals surface area contributed by atoms with Gasteiger partial charge in [-0.2, -0.15) is 0 Å². The molecule has 1 amide bonds. The molecule has 0 radical (unpaired) electrons. The highest BCUT2D eigenvalue weighted by atomic mass is 16.1. The van der Waals surface area contributed by atoms with Gasteiger partial charge in [-0.1, -0.05) is 6.07 Å². The zero-order chi connectivity index (χ0) is 13.9. The van der Waals surface area contributed by atoms with Gasteiger partial charge >= 0.3 is 0 Å². The van der Waals surface area contributed by atoms with Gasteiger partial charge in [-0.3, -0.25) is 4.79 Å². The fourth-order valence-electron chi connectivity index (χ4n) is 2.70. The van der Waals surface area contributed by atoms with E-state index in [2.05, 4.69) is 15.2 Å². The maximum atomic E-state index is 11.2. The Morgan fingerprint density at radius 2 is 2.05 bits per heavy atom. The van der Waals surface area contributed by atoms with Crippen molar-refractivity contribution in [1.29, 1.82) is 0 Å². The fraction of sp³-hybridized carbons (Fsp3) is 0.600. The van der Waals surface area contributed by atoms with Crippen LogP contribution in [0, 0.1) is 5.92 Å². The van der Waals surface area contributed by atoms with Gasteiger partial charge in [0, 0.05) is 19.1 Å². The minimum Gasteiger partial charge on any atom is -0.364 e. The van der Waals surface area contributed by atoms with E-state index in [-0.39, 0.29) is 0 Å². The number of hydrogen-bond acceptors (Lipinski definition) is 4. The van der Waals surface area contributed by atoms with E-state index in [0.717, 1.165) is 37.7 Å². The molecule has 0 spiro atoms. The summed E-state index contributed by atoms with van der Waals surface area (Å²) < 4.78 is 0. The zero-order valence-electron chi connectivity index (χ0n) is 11.7. The second-order valence-corrected chi connectivity index (χ2v) is 5.86. The molecule has 1 aliphatic heterocycles. The fourth-order valence-corrected chi connectivity index (χ4v) is 2.70. The van der Waals surface area contributed by atoms with Gasteiger partial charge in [-0.05, 0) is 50.3 Å². The lowest BCUT2D eigenvalue weighted by Gasteiger charge is -2.33. The van der Waals surface area contributed by atoms with Crippen LogP contribution in [-0.4, -0.2) is 36.6 Å². The Morgan fingerprint density at radius 3 is 2.70 bits per heavy atom. The topological polar surface area (TPSA) is 71.2 Å². The number of anilines is 1. The van der Waals surface area contributed by atoms with Crippen LogP contribution in [0.1, 0.15) is 36.2 Å². The minimum atomic E-state index is -0.465. The normalized spacial score (nSPS) is 20.1. The molecule has 0 aromatic carbocycles. The van der Waals surface area contributed by atoms with Crippen LogP contribution >= 0.6 is 0 Å². The van der Waals surface area contributed by atoms with E-state index < -0.39 is 5.91 Å². The van der Waals surface area contributed by atoms with Crippen LogP contribution in [0.25, 0.3) is 0 Å². The summed E-state index contributed by atoms with van der Waals surface area (Å²) >= 11 is 0. The lowest BCUT2D eigenvalue weighted by Crippen LogP contribution is -2.43. The first kappa shape index (κ1) is 13.4. The van der Waals surface area contributed by atoms with Gasteiger partial charge in [0.15, 0.2) is 0 Å². The second kappa shape index (κ2) is 5.79. The van der Waals surface area contributed by atoms with E-state index in [1.165, 1.54) is 19.4 Å². The minimum absolute atomic E-state index is 0.344. The highest BCUT2D eigenvalue weighted by Gasteiger charge is 2.24. The third-order valence-electron chi connectivity index (χ3n) is 4.20. The summed E-state index contributed by atoms with van der Waals surface area (Å²) in [6, 6.07) is 6.09. The number of rotatable bonds is 5. The van der Waals surface area contributed by atoms with Crippen molar-refractivity contribution < 1.29 is 4.79 Å². The Labute approximate surface area is 119 Å². The molecule has 1 aromatic rings. The molecule has 5 nitrogen and oxygen atoms in total. The van der Waals surface area contributed by atoms with E-state index >= 15 is 0 Å². The summed E-state index contributed by atoms with van der Waals surface area (Å²) in [5.41, 5.74) is 5.62. The van der Waals surface area contributed by atoms with Crippen molar-refractivity contribution in [2.24, 2.45) is 11.7 Å². The van der Waals surface area contributed by atoms with Gasteiger partial charge < -0.3 is 16.0 Å². The number of nitrogens with one attached hydrogen (secondary N) is 1. The molecule has 1 saturated carbocycles. The first-order chi connectivity index (χ1) is 9.72. The van der Waals surface area contributed by atoms with Crippen LogP contribution in [0.3, 0.4) is 0 Å². The average molecular weight is 274 g/mol. The molecule has 3 rings (SSSR count). The number of hydrogen-bond donors (Lipinski definition) is 2. The largest absolute Gasteiger partial charge is 0.364 e. The van der Waals surface area contributed by atoms with Crippen molar-refractivity contribution in [2.75, 3.05) is 24.5 Å². The monoisotopic (exact) mass is 274 g/mol. The molecule has 1 aromatic heterocycles. The molecule has 0 bridgehead atoms. The van der Waals surface area contributed by atoms with Gasteiger partial charge in [-0.15, -0.1) is 0 Å². The molecule has 2 heterocycles. The smallest absolute Gasteiger partial charge is 0.267 e. The van der Waals surface area contributed by atoms with Crippen LogP contribution in [-0.2, 0) is 0 Å². The zero-order valence-corrected chi connectivity index (χ0v) is 11.7. The first-order valence-electron chi connectivity index (χ1n) is 7.47. The molecule has 5 heteroatoms. The molecule has 0 unspecified atom stereocenters. The number of aromatic nitrogens is 1. The third-order valence-corrected chi connectivity index (χ3v) is 4.20. The summed E-state index contributed by atoms with van der Waals surface area (Å²) in [4.78, 5) is 17.7. The molecule has 1 aliphatic carbocycles. The maximum Gasteiger partial charge on any atom is 0.267 e. The second-order valence-electron chi connectivity index (χ2n) is 5.86. The maximum absolute atomic E-state index is 11.2.